The Bertz CT molecular complexity index is 676. The van der Waals surface area contributed by atoms with E-state index in [9.17, 15) is 4.79 Å². The summed E-state index contributed by atoms with van der Waals surface area (Å²) in [6.45, 7) is 2.65. The molecule has 0 bridgehead atoms. The first kappa shape index (κ1) is 12.9. The molecule has 2 aromatic rings. The van der Waals surface area contributed by atoms with Gasteiger partial charge in [-0.2, -0.15) is 4.98 Å². The highest BCUT2D eigenvalue weighted by molar-refractivity contribution is 7.13. The summed E-state index contributed by atoms with van der Waals surface area (Å²) in [6.07, 6.45) is 5.79. The van der Waals surface area contributed by atoms with Crippen LogP contribution in [0.25, 0.3) is 0 Å². The van der Waals surface area contributed by atoms with Crippen molar-refractivity contribution >= 4 is 17.2 Å². The van der Waals surface area contributed by atoms with Gasteiger partial charge < -0.3 is 9.42 Å². The van der Waals surface area contributed by atoms with Crippen LogP contribution in [0.15, 0.2) is 10.7 Å². The molecule has 6 nitrogen and oxygen atoms in total. The molecule has 1 amide bonds. The van der Waals surface area contributed by atoms with Gasteiger partial charge in [-0.05, 0) is 32.6 Å². The van der Waals surface area contributed by atoms with E-state index in [1.807, 2.05) is 11.8 Å². The van der Waals surface area contributed by atoms with Crippen LogP contribution >= 0.6 is 11.3 Å². The highest BCUT2D eigenvalue weighted by atomic mass is 32.1. The van der Waals surface area contributed by atoms with Crippen molar-refractivity contribution < 1.29 is 9.32 Å². The number of hydrogen-bond donors (Lipinski definition) is 0. The molecule has 1 aliphatic carbocycles. The Hall–Kier alpha value is -1.76. The van der Waals surface area contributed by atoms with E-state index in [0.717, 1.165) is 43.1 Å². The number of rotatable bonds is 3. The first-order valence-corrected chi connectivity index (χ1v) is 8.11. The summed E-state index contributed by atoms with van der Waals surface area (Å²) in [5.41, 5.74) is 0. The quantitative estimate of drug-likeness (QED) is 0.871. The molecule has 2 aliphatic rings. The number of likely N-dealkylation sites (tertiary alicyclic amines) is 1. The Morgan fingerprint density at radius 3 is 3.00 bits per heavy atom. The summed E-state index contributed by atoms with van der Waals surface area (Å²) in [5.74, 6) is 1.86. The maximum absolute atomic E-state index is 12.6. The lowest BCUT2D eigenvalue weighted by Crippen LogP contribution is -2.30. The molecule has 4 rings (SSSR count). The van der Waals surface area contributed by atoms with E-state index >= 15 is 0 Å². The van der Waals surface area contributed by atoms with Gasteiger partial charge in [0.05, 0.1) is 17.2 Å². The van der Waals surface area contributed by atoms with Crippen molar-refractivity contribution in [2.45, 2.75) is 44.6 Å². The lowest BCUT2D eigenvalue weighted by atomic mass is 10.2. The monoisotopic (exact) mass is 304 g/mol. The summed E-state index contributed by atoms with van der Waals surface area (Å²) < 4.78 is 5.33. The van der Waals surface area contributed by atoms with Crippen molar-refractivity contribution in [3.05, 3.63) is 27.8 Å². The molecule has 3 heterocycles. The summed E-state index contributed by atoms with van der Waals surface area (Å²) in [4.78, 5) is 23.8. The van der Waals surface area contributed by atoms with Gasteiger partial charge in [0.1, 0.15) is 4.88 Å². The second kappa shape index (κ2) is 4.91. The van der Waals surface area contributed by atoms with Crippen LogP contribution in [0.3, 0.4) is 0 Å². The van der Waals surface area contributed by atoms with Crippen molar-refractivity contribution in [3.8, 4) is 0 Å². The zero-order valence-electron chi connectivity index (χ0n) is 11.8. The molecule has 7 heteroatoms. The van der Waals surface area contributed by atoms with Crippen LogP contribution < -0.4 is 0 Å². The summed E-state index contributed by atoms with van der Waals surface area (Å²) in [7, 11) is 0. The highest BCUT2D eigenvalue weighted by Gasteiger charge is 2.36. The van der Waals surface area contributed by atoms with Gasteiger partial charge in [0.2, 0.25) is 5.89 Å². The van der Waals surface area contributed by atoms with Gasteiger partial charge in [-0.3, -0.25) is 4.79 Å². The highest BCUT2D eigenvalue weighted by Crippen LogP contribution is 2.40. The van der Waals surface area contributed by atoms with E-state index in [1.54, 1.807) is 6.20 Å². The maximum Gasteiger partial charge on any atom is 0.266 e. The fourth-order valence-corrected chi connectivity index (χ4v) is 3.49. The Balaban J connectivity index is 1.57. The van der Waals surface area contributed by atoms with E-state index in [2.05, 4.69) is 15.1 Å². The zero-order chi connectivity index (χ0) is 14.4. The normalized spacial score (nSPS) is 22.0. The van der Waals surface area contributed by atoms with Crippen LogP contribution in [0.2, 0.25) is 0 Å². The van der Waals surface area contributed by atoms with Gasteiger partial charge in [-0.25, -0.2) is 4.98 Å². The van der Waals surface area contributed by atoms with Crippen LogP contribution in [0.4, 0.5) is 0 Å². The second-order valence-electron chi connectivity index (χ2n) is 5.67. The third kappa shape index (κ3) is 2.35. The third-order valence-electron chi connectivity index (χ3n) is 4.03. The van der Waals surface area contributed by atoms with Crippen molar-refractivity contribution in [1.82, 2.24) is 20.0 Å². The molecule has 0 aromatic carbocycles. The molecule has 0 N–H and O–H groups in total. The first-order chi connectivity index (χ1) is 10.2. The number of amides is 1. The molecular weight excluding hydrogens is 288 g/mol. The number of hydrogen-bond acceptors (Lipinski definition) is 6. The lowest BCUT2D eigenvalue weighted by Gasteiger charge is -2.21. The first-order valence-electron chi connectivity index (χ1n) is 7.29. The molecule has 110 valence electrons. The van der Waals surface area contributed by atoms with Gasteiger partial charge in [-0.1, -0.05) is 5.16 Å². The minimum Gasteiger partial charge on any atom is -0.339 e. The minimum absolute atomic E-state index is 0.0286. The topological polar surface area (TPSA) is 72.1 Å². The van der Waals surface area contributed by atoms with E-state index in [-0.39, 0.29) is 11.9 Å². The van der Waals surface area contributed by atoms with Crippen molar-refractivity contribution in [2.75, 3.05) is 6.54 Å². The van der Waals surface area contributed by atoms with Crippen LogP contribution in [0.1, 0.15) is 64.0 Å². The third-order valence-corrected chi connectivity index (χ3v) is 4.93. The summed E-state index contributed by atoms with van der Waals surface area (Å²) >= 11 is 1.43. The van der Waals surface area contributed by atoms with Gasteiger partial charge in [0.25, 0.3) is 5.91 Å². The Morgan fingerprint density at radius 2 is 2.29 bits per heavy atom. The van der Waals surface area contributed by atoms with E-state index < -0.39 is 0 Å². The number of carbonyl (C=O) groups excluding carboxylic acids is 1. The average molecular weight is 304 g/mol. The molecule has 1 saturated carbocycles. The largest absolute Gasteiger partial charge is 0.339 e. The van der Waals surface area contributed by atoms with Crippen molar-refractivity contribution in [2.24, 2.45) is 0 Å². The summed E-state index contributed by atoms with van der Waals surface area (Å²) in [6, 6.07) is -0.0591. The SMILES string of the molecule is Cc1ncc(C(=O)N2CCC[C@@H]2c2noc(C3CC3)n2)s1. The number of nitrogens with zero attached hydrogens (tertiary/aromatic N) is 4. The van der Waals surface area contributed by atoms with Crippen LogP contribution in [0.5, 0.6) is 0 Å². The molecule has 2 aromatic heterocycles. The van der Waals surface area contributed by atoms with Gasteiger partial charge in [0, 0.05) is 12.5 Å². The van der Waals surface area contributed by atoms with Gasteiger partial charge >= 0.3 is 0 Å². The second-order valence-corrected chi connectivity index (χ2v) is 6.90. The predicted molar refractivity (Wildman–Crippen MR) is 76.1 cm³/mol. The Kier molecular flexibility index (Phi) is 3.02. The zero-order valence-corrected chi connectivity index (χ0v) is 12.6. The van der Waals surface area contributed by atoms with Crippen LogP contribution in [0, 0.1) is 6.92 Å². The van der Waals surface area contributed by atoms with E-state index in [1.165, 1.54) is 11.3 Å². The fourth-order valence-electron chi connectivity index (χ4n) is 2.76. The van der Waals surface area contributed by atoms with Crippen LogP contribution in [-0.4, -0.2) is 32.5 Å². The Morgan fingerprint density at radius 1 is 1.43 bits per heavy atom. The maximum atomic E-state index is 12.6. The molecule has 21 heavy (non-hydrogen) atoms. The smallest absolute Gasteiger partial charge is 0.266 e. The number of thiazole rings is 1. The molecule has 2 fully saturated rings. The standard InChI is InChI=1S/C14H16N4O2S/c1-8-15-7-11(21-8)14(19)18-6-2-3-10(18)12-16-13(20-17-12)9-4-5-9/h7,9-10H,2-6H2,1H3/t10-/m1/s1. The summed E-state index contributed by atoms with van der Waals surface area (Å²) in [5, 5.41) is 5.01. The van der Waals surface area contributed by atoms with Crippen molar-refractivity contribution in [3.63, 3.8) is 0 Å². The molecule has 0 spiro atoms. The predicted octanol–water partition coefficient (Wildman–Crippen LogP) is 2.69. The van der Waals surface area contributed by atoms with Crippen molar-refractivity contribution in [1.29, 1.82) is 0 Å². The molecule has 0 unspecified atom stereocenters. The molecule has 1 aliphatic heterocycles. The minimum atomic E-state index is -0.0591. The van der Waals surface area contributed by atoms with E-state index in [0.29, 0.717) is 16.6 Å². The fraction of sp³-hybridized carbons (Fsp3) is 0.571. The molecule has 1 atom stereocenters. The van der Waals surface area contributed by atoms with Gasteiger partial charge in [0.15, 0.2) is 5.82 Å². The Labute approximate surface area is 126 Å². The average Bonchev–Trinajstić information content (AvgIpc) is 2.94. The van der Waals surface area contributed by atoms with Crippen LogP contribution in [-0.2, 0) is 0 Å². The molecule has 0 radical (unpaired) electrons. The number of aryl methyl sites for hydroxylation is 1. The number of carbonyl (C=O) groups is 1. The molecular formula is C14H16N4O2S. The molecule has 1 saturated heterocycles. The lowest BCUT2D eigenvalue weighted by molar-refractivity contribution is 0.0733. The van der Waals surface area contributed by atoms with E-state index in [4.69, 9.17) is 4.52 Å². The van der Waals surface area contributed by atoms with Gasteiger partial charge in [-0.15, -0.1) is 11.3 Å². The number of aromatic nitrogens is 3.